The van der Waals surface area contributed by atoms with Crippen molar-refractivity contribution in [3.63, 3.8) is 0 Å². The Hall–Kier alpha value is -1.09. The normalized spacial score (nSPS) is 9.80. The molecule has 0 aliphatic carbocycles. The largest absolute Gasteiger partial charge is 0.347 e. The molecule has 0 aliphatic rings. The third-order valence-corrected chi connectivity index (χ3v) is 2.43. The van der Waals surface area contributed by atoms with E-state index in [1.807, 2.05) is 32.0 Å². The van der Waals surface area contributed by atoms with Crippen LogP contribution in [0.5, 0.6) is 0 Å². The molecule has 2 nitrogen and oxygen atoms in total. The van der Waals surface area contributed by atoms with Gasteiger partial charge in [0.25, 0.3) is 5.91 Å². The highest BCUT2D eigenvalue weighted by Crippen LogP contribution is 2.13. The van der Waals surface area contributed by atoms with Gasteiger partial charge < -0.3 is 5.32 Å². The number of aryl methyl sites for hydroxylation is 2. The number of hydrogen-bond acceptors (Lipinski definition) is 1. The van der Waals surface area contributed by atoms with Gasteiger partial charge in [-0.2, -0.15) is 0 Å². The molecular weight excluding hydrogens is 254 g/mol. The predicted octanol–water partition coefficient (Wildman–Crippen LogP) is 2.94. The van der Waals surface area contributed by atoms with E-state index < -0.39 is 0 Å². The molecule has 15 heavy (non-hydrogen) atoms. The van der Waals surface area contributed by atoms with Crippen LogP contribution in [0.15, 0.2) is 29.3 Å². The smallest absolute Gasteiger partial charge is 0.252 e. The molecule has 0 radical (unpaired) electrons. The van der Waals surface area contributed by atoms with Crippen molar-refractivity contribution in [2.24, 2.45) is 0 Å². The SMILES string of the molecule is C=C(Br)CNC(=O)c1c(C)cccc1C. The summed E-state index contributed by atoms with van der Waals surface area (Å²) in [4.78, 5) is 11.8. The lowest BCUT2D eigenvalue weighted by atomic mass is 10.0. The summed E-state index contributed by atoms with van der Waals surface area (Å²) in [5.74, 6) is -0.0498. The zero-order valence-corrected chi connectivity index (χ0v) is 10.5. The van der Waals surface area contributed by atoms with Crippen molar-refractivity contribution < 1.29 is 4.79 Å². The molecule has 1 rings (SSSR count). The second kappa shape index (κ2) is 5.12. The first kappa shape index (κ1) is 12.0. The van der Waals surface area contributed by atoms with Crippen LogP contribution in [-0.4, -0.2) is 12.5 Å². The van der Waals surface area contributed by atoms with Crippen LogP contribution in [0, 0.1) is 13.8 Å². The van der Waals surface area contributed by atoms with E-state index in [2.05, 4.69) is 27.8 Å². The van der Waals surface area contributed by atoms with Crippen LogP contribution in [0.1, 0.15) is 21.5 Å². The molecular formula is C12H14BrNO. The summed E-state index contributed by atoms with van der Waals surface area (Å²) in [5, 5.41) is 2.79. The average molecular weight is 268 g/mol. The van der Waals surface area contributed by atoms with E-state index in [-0.39, 0.29) is 5.91 Å². The first-order chi connectivity index (χ1) is 7.02. The maximum absolute atomic E-state index is 11.8. The molecule has 0 aromatic heterocycles. The predicted molar refractivity (Wildman–Crippen MR) is 66.3 cm³/mol. The third kappa shape index (κ3) is 3.20. The number of hydrogen-bond donors (Lipinski definition) is 1. The van der Waals surface area contributed by atoms with Crippen LogP contribution in [0.25, 0.3) is 0 Å². The molecule has 1 aromatic rings. The van der Waals surface area contributed by atoms with Crippen molar-refractivity contribution in [1.82, 2.24) is 5.32 Å². The Morgan fingerprint density at radius 3 is 2.40 bits per heavy atom. The molecule has 0 spiro atoms. The van der Waals surface area contributed by atoms with Crippen molar-refractivity contribution in [1.29, 1.82) is 0 Å². The second-order valence-electron chi connectivity index (χ2n) is 3.47. The van der Waals surface area contributed by atoms with Gasteiger partial charge in [0.05, 0.1) is 0 Å². The van der Waals surface area contributed by atoms with E-state index in [1.165, 1.54) is 0 Å². The Morgan fingerprint density at radius 2 is 1.93 bits per heavy atom. The summed E-state index contributed by atoms with van der Waals surface area (Å²) >= 11 is 3.20. The number of rotatable bonds is 3. The monoisotopic (exact) mass is 267 g/mol. The molecule has 0 saturated heterocycles. The van der Waals surface area contributed by atoms with E-state index >= 15 is 0 Å². The van der Waals surface area contributed by atoms with Crippen molar-refractivity contribution in [3.8, 4) is 0 Å². The van der Waals surface area contributed by atoms with Crippen LogP contribution in [0.3, 0.4) is 0 Å². The van der Waals surface area contributed by atoms with Gasteiger partial charge in [0.1, 0.15) is 0 Å². The van der Waals surface area contributed by atoms with Crippen LogP contribution >= 0.6 is 15.9 Å². The molecule has 0 heterocycles. The first-order valence-electron chi connectivity index (χ1n) is 4.70. The van der Waals surface area contributed by atoms with Crippen LogP contribution in [0.4, 0.5) is 0 Å². The van der Waals surface area contributed by atoms with Gasteiger partial charge >= 0.3 is 0 Å². The highest BCUT2D eigenvalue weighted by molar-refractivity contribution is 9.11. The second-order valence-corrected chi connectivity index (χ2v) is 4.59. The lowest BCUT2D eigenvalue weighted by Gasteiger charge is -2.09. The molecule has 1 amide bonds. The van der Waals surface area contributed by atoms with Gasteiger partial charge in [0, 0.05) is 16.6 Å². The van der Waals surface area contributed by atoms with E-state index in [0.29, 0.717) is 6.54 Å². The topological polar surface area (TPSA) is 29.1 Å². The van der Waals surface area contributed by atoms with Crippen LogP contribution in [0.2, 0.25) is 0 Å². The van der Waals surface area contributed by atoms with Gasteiger partial charge in [-0.1, -0.05) is 40.7 Å². The van der Waals surface area contributed by atoms with Crippen molar-refractivity contribution in [2.75, 3.05) is 6.54 Å². The molecule has 0 aliphatic heterocycles. The Bertz CT molecular complexity index is 378. The summed E-state index contributed by atoms with van der Waals surface area (Å²) in [6, 6.07) is 5.82. The number of benzene rings is 1. The minimum Gasteiger partial charge on any atom is -0.347 e. The number of nitrogens with one attached hydrogen (secondary N) is 1. The molecule has 3 heteroatoms. The molecule has 0 saturated carbocycles. The van der Waals surface area contributed by atoms with Gasteiger partial charge in [0.15, 0.2) is 0 Å². The first-order valence-corrected chi connectivity index (χ1v) is 5.49. The summed E-state index contributed by atoms with van der Waals surface area (Å²) in [7, 11) is 0. The molecule has 0 fully saturated rings. The van der Waals surface area contributed by atoms with E-state index in [0.717, 1.165) is 21.2 Å². The van der Waals surface area contributed by atoms with Gasteiger partial charge in [-0.15, -0.1) is 0 Å². The lowest BCUT2D eigenvalue weighted by molar-refractivity contribution is 0.0956. The molecule has 0 atom stereocenters. The van der Waals surface area contributed by atoms with Crippen molar-refractivity contribution >= 4 is 21.8 Å². The van der Waals surface area contributed by atoms with Gasteiger partial charge in [-0.3, -0.25) is 4.79 Å². The highest BCUT2D eigenvalue weighted by Gasteiger charge is 2.10. The summed E-state index contributed by atoms with van der Waals surface area (Å²) in [6.45, 7) is 7.99. The molecule has 1 aromatic carbocycles. The standard InChI is InChI=1S/C12H14BrNO/c1-8-5-4-6-9(2)11(8)12(15)14-7-10(3)13/h4-6H,3,7H2,1-2H3,(H,14,15). The van der Waals surface area contributed by atoms with E-state index in [9.17, 15) is 4.79 Å². The summed E-state index contributed by atoms with van der Waals surface area (Å²) in [5.41, 5.74) is 2.74. The summed E-state index contributed by atoms with van der Waals surface area (Å²) < 4.78 is 0.766. The zero-order chi connectivity index (χ0) is 11.4. The van der Waals surface area contributed by atoms with E-state index in [4.69, 9.17) is 0 Å². The third-order valence-electron chi connectivity index (χ3n) is 2.15. The molecule has 0 unspecified atom stereocenters. The Labute approximate surface area is 98.5 Å². The molecule has 80 valence electrons. The van der Waals surface area contributed by atoms with Crippen molar-refractivity contribution in [3.05, 3.63) is 46.0 Å². The molecule has 0 bridgehead atoms. The lowest BCUT2D eigenvalue weighted by Crippen LogP contribution is -2.25. The zero-order valence-electron chi connectivity index (χ0n) is 8.93. The number of carbonyl (C=O) groups excluding carboxylic acids is 1. The van der Waals surface area contributed by atoms with Gasteiger partial charge in [-0.25, -0.2) is 0 Å². The highest BCUT2D eigenvalue weighted by atomic mass is 79.9. The number of halogens is 1. The minimum absolute atomic E-state index is 0.0498. The van der Waals surface area contributed by atoms with Gasteiger partial charge in [-0.05, 0) is 25.0 Å². The summed E-state index contributed by atoms with van der Waals surface area (Å²) in [6.07, 6.45) is 0. The Balaban J connectivity index is 2.86. The van der Waals surface area contributed by atoms with Crippen LogP contribution in [-0.2, 0) is 0 Å². The average Bonchev–Trinajstić information content (AvgIpc) is 2.14. The van der Waals surface area contributed by atoms with Gasteiger partial charge in [0.2, 0.25) is 0 Å². The van der Waals surface area contributed by atoms with E-state index in [1.54, 1.807) is 0 Å². The fourth-order valence-corrected chi connectivity index (χ4v) is 1.58. The fraction of sp³-hybridized carbons (Fsp3) is 0.250. The fourth-order valence-electron chi connectivity index (χ4n) is 1.44. The van der Waals surface area contributed by atoms with Crippen LogP contribution < -0.4 is 5.32 Å². The number of amides is 1. The number of carbonyl (C=O) groups is 1. The Morgan fingerprint density at radius 1 is 1.40 bits per heavy atom. The maximum atomic E-state index is 11.8. The minimum atomic E-state index is -0.0498. The Kier molecular flexibility index (Phi) is 4.09. The maximum Gasteiger partial charge on any atom is 0.252 e. The quantitative estimate of drug-likeness (QED) is 0.897. The molecule has 1 N–H and O–H groups in total. The van der Waals surface area contributed by atoms with Crippen molar-refractivity contribution in [2.45, 2.75) is 13.8 Å².